The second-order valence-electron chi connectivity index (χ2n) is 4.73. The Bertz CT molecular complexity index is 500. The summed E-state index contributed by atoms with van der Waals surface area (Å²) in [6.45, 7) is 4.97. The highest BCUT2D eigenvalue weighted by molar-refractivity contribution is 5.94. The van der Waals surface area contributed by atoms with Crippen molar-refractivity contribution in [2.75, 3.05) is 17.7 Å². The van der Waals surface area contributed by atoms with Gasteiger partial charge in [-0.1, -0.05) is 6.92 Å². The second kappa shape index (κ2) is 6.91. The van der Waals surface area contributed by atoms with E-state index >= 15 is 0 Å². The van der Waals surface area contributed by atoms with Crippen molar-refractivity contribution in [2.24, 2.45) is 11.7 Å². The molecule has 110 valence electrons. The van der Waals surface area contributed by atoms with Gasteiger partial charge >= 0.3 is 0 Å². The molecule has 0 fully saturated rings. The van der Waals surface area contributed by atoms with Crippen LogP contribution in [0.2, 0.25) is 0 Å². The Labute approximate surface area is 118 Å². The zero-order valence-electron chi connectivity index (χ0n) is 12.2. The first kappa shape index (κ1) is 16.0. The predicted octanol–water partition coefficient (Wildman–Crippen LogP) is 1.58. The Morgan fingerprint density at radius 2 is 1.90 bits per heavy atom. The molecule has 0 heterocycles. The van der Waals surface area contributed by atoms with Crippen molar-refractivity contribution in [1.82, 2.24) is 0 Å². The quantitative estimate of drug-likeness (QED) is 0.762. The van der Waals surface area contributed by atoms with Gasteiger partial charge in [0.1, 0.15) is 5.75 Å². The number of nitrogens with two attached hydrogens (primary N) is 1. The van der Waals surface area contributed by atoms with E-state index in [1.807, 2.05) is 0 Å². The minimum Gasteiger partial charge on any atom is -0.494 e. The van der Waals surface area contributed by atoms with Gasteiger partial charge in [-0.15, -0.1) is 0 Å². The van der Waals surface area contributed by atoms with Gasteiger partial charge in [0.05, 0.1) is 18.7 Å². The fourth-order valence-corrected chi connectivity index (χ4v) is 1.56. The number of rotatable bonds is 5. The average Bonchev–Trinajstić information content (AvgIpc) is 2.38. The highest BCUT2D eigenvalue weighted by Crippen LogP contribution is 2.28. The molecule has 0 aromatic heterocycles. The third-order valence-corrected chi connectivity index (χ3v) is 2.98. The molecule has 4 N–H and O–H groups in total. The highest BCUT2D eigenvalue weighted by Gasteiger charge is 2.17. The molecule has 0 spiro atoms. The third-order valence-electron chi connectivity index (χ3n) is 2.98. The summed E-state index contributed by atoms with van der Waals surface area (Å²) in [5, 5.41) is 5.42. The van der Waals surface area contributed by atoms with Gasteiger partial charge in [-0.25, -0.2) is 0 Å². The Morgan fingerprint density at radius 1 is 1.25 bits per heavy atom. The standard InChI is InChI=1S/C14H21N3O3/c1-8(9(2)15)14(19)17-11-5-6-12(16-10(3)18)13(7-11)20-4/h5-9H,15H2,1-4H3,(H,16,18)(H,17,19). The first-order valence-corrected chi connectivity index (χ1v) is 6.37. The number of nitrogens with one attached hydrogen (secondary N) is 2. The second-order valence-corrected chi connectivity index (χ2v) is 4.73. The molecule has 0 saturated carbocycles. The van der Waals surface area contributed by atoms with Gasteiger partial charge in [-0.05, 0) is 19.1 Å². The molecular weight excluding hydrogens is 258 g/mol. The summed E-state index contributed by atoms with van der Waals surface area (Å²) in [6.07, 6.45) is 0. The van der Waals surface area contributed by atoms with Crippen molar-refractivity contribution >= 4 is 23.2 Å². The van der Waals surface area contributed by atoms with Crippen LogP contribution in [0.3, 0.4) is 0 Å². The van der Waals surface area contributed by atoms with Crippen LogP contribution in [0.5, 0.6) is 5.75 Å². The number of methoxy groups -OCH3 is 1. The van der Waals surface area contributed by atoms with E-state index in [0.29, 0.717) is 17.1 Å². The Morgan fingerprint density at radius 3 is 2.40 bits per heavy atom. The number of ether oxygens (including phenoxy) is 1. The molecule has 1 aromatic carbocycles. The maximum atomic E-state index is 11.9. The average molecular weight is 279 g/mol. The van der Waals surface area contributed by atoms with E-state index in [9.17, 15) is 9.59 Å². The first-order valence-electron chi connectivity index (χ1n) is 6.37. The number of anilines is 2. The first-order chi connectivity index (χ1) is 9.35. The molecule has 0 aliphatic heterocycles. The van der Waals surface area contributed by atoms with E-state index in [0.717, 1.165) is 0 Å². The van der Waals surface area contributed by atoms with E-state index in [4.69, 9.17) is 10.5 Å². The number of amides is 2. The summed E-state index contributed by atoms with van der Waals surface area (Å²) in [5.74, 6) is -0.164. The van der Waals surface area contributed by atoms with Gasteiger partial charge in [0.2, 0.25) is 11.8 Å². The van der Waals surface area contributed by atoms with Crippen LogP contribution in [0.25, 0.3) is 0 Å². The predicted molar refractivity (Wildman–Crippen MR) is 78.7 cm³/mol. The minimum absolute atomic E-state index is 0.158. The van der Waals surface area contributed by atoms with Crippen LogP contribution in [-0.2, 0) is 9.59 Å². The van der Waals surface area contributed by atoms with Crippen molar-refractivity contribution in [1.29, 1.82) is 0 Å². The zero-order valence-corrected chi connectivity index (χ0v) is 12.2. The van der Waals surface area contributed by atoms with E-state index < -0.39 is 0 Å². The molecule has 0 saturated heterocycles. The van der Waals surface area contributed by atoms with E-state index in [1.54, 1.807) is 32.0 Å². The molecule has 6 heteroatoms. The molecule has 1 rings (SSSR count). The molecule has 2 atom stereocenters. The smallest absolute Gasteiger partial charge is 0.228 e. The summed E-state index contributed by atoms with van der Waals surface area (Å²) in [5.41, 5.74) is 6.84. The SMILES string of the molecule is COc1cc(NC(=O)C(C)C(C)N)ccc1NC(C)=O. The molecule has 20 heavy (non-hydrogen) atoms. The van der Waals surface area contributed by atoms with Crippen LogP contribution in [0.15, 0.2) is 18.2 Å². The fourth-order valence-electron chi connectivity index (χ4n) is 1.56. The van der Waals surface area contributed by atoms with Crippen molar-refractivity contribution in [3.05, 3.63) is 18.2 Å². The summed E-state index contributed by atoms with van der Waals surface area (Å²) < 4.78 is 5.19. The number of carbonyl (C=O) groups is 2. The Hall–Kier alpha value is -2.08. The largest absolute Gasteiger partial charge is 0.494 e. The van der Waals surface area contributed by atoms with Crippen LogP contribution >= 0.6 is 0 Å². The third kappa shape index (κ3) is 4.24. The fraction of sp³-hybridized carbons (Fsp3) is 0.429. The molecule has 0 aliphatic rings. The molecule has 0 bridgehead atoms. The van der Waals surface area contributed by atoms with Gasteiger partial charge in [0, 0.05) is 24.7 Å². The lowest BCUT2D eigenvalue weighted by atomic mass is 10.0. The minimum atomic E-state index is -0.295. The van der Waals surface area contributed by atoms with Gasteiger partial charge in [0.25, 0.3) is 0 Å². The van der Waals surface area contributed by atoms with Crippen molar-refractivity contribution < 1.29 is 14.3 Å². The molecule has 2 unspecified atom stereocenters. The van der Waals surface area contributed by atoms with E-state index in [1.165, 1.54) is 14.0 Å². The van der Waals surface area contributed by atoms with E-state index in [2.05, 4.69) is 10.6 Å². The zero-order chi connectivity index (χ0) is 15.3. The topological polar surface area (TPSA) is 93.4 Å². The molecule has 6 nitrogen and oxygen atoms in total. The number of benzene rings is 1. The van der Waals surface area contributed by atoms with Crippen LogP contribution in [0, 0.1) is 5.92 Å². The van der Waals surface area contributed by atoms with Crippen LogP contribution < -0.4 is 21.1 Å². The monoisotopic (exact) mass is 279 g/mol. The maximum absolute atomic E-state index is 11.9. The molecule has 0 radical (unpaired) electrons. The summed E-state index contributed by atoms with van der Waals surface area (Å²) in [7, 11) is 1.50. The maximum Gasteiger partial charge on any atom is 0.228 e. The molecule has 2 amide bonds. The van der Waals surface area contributed by atoms with Crippen LogP contribution in [0.1, 0.15) is 20.8 Å². The summed E-state index contributed by atoms with van der Waals surface area (Å²) >= 11 is 0. The summed E-state index contributed by atoms with van der Waals surface area (Å²) in [4.78, 5) is 23.0. The number of hydrogen-bond acceptors (Lipinski definition) is 4. The van der Waals surface area contributed by atoms with Gasteiger partial charge in [-0.3, -0.25) is 9.59 Å². The van der Waals surface area contributed by atoms with Gasteiger partial charge in [-0.2, -0.15) is 0 Å². The lowest BCUT2D eigenvalue weighted by Gasteiger charge is -2.16. The van der Waals surface area contributed by atoms with Crippen LogP contribution in [0.4, 0.5) is 11.4 Å². The molecule has 0 aliphatic carbocycles. The number of hydrogen-bond donors (Lipinski definition) is 3. The van der Waals surface area contributed by atoms with Gasteiger partial charge in [0.15, 0.2) is 0 Å². The normalized spacial score (nSPS) is 13.2. The lowest BCUT2D eigenvalue weighted by Crippen LogP contribution is -2.34. The lowest BCUT2D eigenvalue weighted by molar-refractivity contribution is -0.119. The number of carbonyl (C=O) groups excluding carboxylic acids is 2. The van der Waals surface area contributed by atoms with Crippen molar-refractivity contribution in [3.8, 4) is 5.75 Å². The Balaban J connectivity index is 2.88. The van der Waals surface area contributed by atoms with Crippen molar-refractivity contribution in [3.63, 3.8) is 0 Å². The Kier molecular flexibility index (Phi) is 5.52. The molecular formula is C14H21N3O3. The summed E-state index contributed by atoms with van der Waals surface area (Å²) in [6, 6.07) is 4.79. The van der Waals surface area contributed by atoms with Crippen molar-refractivity contribution in [2.45, 2.75) is 26.8 Å². The highest BCUT2D eigenvalue weighted by atomic mass is 16.5. The molecule has 1 aromatic rings. The van der Waals surface area contributed by atoms with E-state index in [-0.39, 0.29) is 23.8 Å². The van der Waals surface area contributed by atoms with Gasteiger partial charge < -0.3 is 21.1 Å². The van der Waals surface area contributed by atoms with Crippen LogP contribution in [-0.4, -0.2) is 25.0 Å².